The Kier molecular flexibility index (Phi) is 15.9. The number of benzene rings is 4. The second-order valence-electron chi connectivity index (χ2n) is 16.5. The van der Waals surface area contributed by atoms with Crippen LogP contribution in [0, 0.1) is 33.7 Å². The standard InChI is InChI=1S/C51H56FN3O9S/c1-4-29-62-51-47(54(33-35-11-16-37(52)17-12-35)48(58)26-15-34-13-18-38(19-14-34)55(59)60)32-45(53-61-2)43-30-36(9-5-7-27-56)42(10-6-8-28-57)49(50(43)51)44-31-40(22-25-46(44)64-51)63-39-20-23-41(65-3)24-21-39/h4,11-26,30-31,36,42,47,49-50,56-57H,1,5-10,27-29,32-33H2,2-3H3/t36-,42+,47-,49+,50+,51+/m0/s1. The molecule has 0 saturated heterocycles. The van der Waals surface area contributed by atoms with Gasteiger partial charge >= 0.3 is 0 Å². The Morgan fingerprint density at radius 3 is 2.37 bits per heavy atom. The molecule has 342 valence electrons. The third kappa shape index (κ3) is 10.7. The molecule has 1 heterocycles. The van der Waals surface area contributed by atoms with Gasteiger partial charge in [-0.15, -0.1) is 18.3 Å². The van der Waals surface area contributed by atoms with Crippen molar-refractivity contribution >= 4 is 35.1 Å². The summed E-state index contributed by atoms with van der Waals surface area (Å²) >= 11 is 1.65. The van der Waals surface area contributed by atoms with Gasteiger partial charge in [0, 0.05) is 60.8 Å². The van der Waals surface area contributed by atoms with Crippen LogP contribution in [0.15, 0.2) is 131 Å². The molecule has 6 atom stereocenters. The first-order valence-corrected chi connectivity index (χ1v) is 23.3. The van der Waals surface area contributed by atoms with Crippen molar-refractivity contribution in [1.82, 2.24) is 4.90 Å². The number of carbonyl (C=O) groups is 1. The summed E-state index contributed by atoms with van der Waals surface area (Å²) < 4.78 is 35.3. The van der Waals surface area contributed by atoms with Gasteiger partial charge in [-0.2, -0.15) is 0 Å². The van der Waals surface area contributed by atoms with Gasteiger partial charge in [0.2, 0.25) is 11.7 Å². The van der Waals surface area contributed by atoms with Gasteiger partial charge in [-0.05, 0) is 133 Å². The van der Waals surface area contributed by atoms with E-state index in [9.17, 15) is 29.5 Å². The van der Waals surface area contributed by atoms with Crippen molar-refractivity contribution in [3.8, 4) is 17.2 Å². The SMILES string of the molecule is C=CCO[C@@]12Oc3ccc(Oc4ccc(SC)cc4)cc3[C@H]3[C@H](CCCCO)[C@@H](CCCCO)C=C(C(=NOC)C[C@@H]1N(Cc1ccc(F)cc1)C(=O)C=Cc1ccc([N+](=O)[O-])cc1)[C@H]32. The smallest absolute Gasteiger partial charge is 0.269 e. The molecule has 7 rings (SSSR count). The topological polar surface area (TPSA) is 153 Å². The van der Waals surface area contributed by atoms with Gasteiger partial charge in [0.05, 0.1) is 23.2 Å². The summed E-state index contributed by atoms with van der Waals surface area (Å²) in [5.74, 6) is -1.34. The summed E-state index contributed by atoms with van der Waals surface area (Å²) in [4.78, 5) is 34.3. The lowest BCUT2D eigenvalue weighted by atomic mass is 9.55. The van der Waals surface area contributed by atoms with Gasteiger partial charge in [0.1, 0.15) is 36.2 Å². The number of nitro benzene ring substituents is 1. The van der Waals surface area contributed by atoms with Crippen LogP contribution in [0.25, 0.3) is 6.08 Å². The highest BCUT2D eigenvalue weighted by Crippen LogP contribution is 2.62. The maximum Gasteiger partial charge on any atom is 0.269 e. The van der Waals surface area contributed by atoms with Crippen molar-refractivity contribution < 1.29 is 43.4 Å². The molecule has 1 amide bonds. The van der Waals surface area contributed by atoms with Crippen LogP contribution in [0.5, 0.6) is 17.2 Å². The summed E-state index contributed by atoms with van der Waals surface area (Å²) in [6.45, 7) is 4.24. The summed E-state index contributed by atoms with van der Waals surface area (Å²) in [5, 5.41) is 35.9. The van der Waals surface area contributed by atoms with Crippen molar-refractivity contribution in [1.29, 1.82) is 0 Å². The van der Waals surface area contributed by atoms with Gasteiger partial charge in [-0.25, -0.2) is 4.39 Å². The van der Waals surface area contributed by atoms with Gasteiger partial charge in [-0.1, -0.05) is 42.3 Å². The average molecular weight is 906 g/mol. The number of hydrogen-bond acceptors (Lipinski definition) is 11. The number of aliphatic hydroxyl groups is 2. The number of hydrogen-bond donors (Lipinski definition) is 2. The number of fused-ring (bicyclic) bond motifs is 2. The van der Waals surface area contributed by atoms with Gasteiger partial charge in [0.25, 0.3) is 5.69 Å². The molecular formula is C51H56FN3O9S. The van der Waals surface area contributed by atoms with Crippen LogP contribution in [-0.4, -0.2) is 76.7 Å². The molecule has 1 aliphatic heterocycles. The Balaban J connectivity index is 1.43. The average Bonchev–Trinajstić information content (AvgIpc) is 3.32. The zero-order valence-electron chi connectivity index (χ0n) is 36.7. The molecule has 14 heteroatoms. The minimum atomic E-state index is -1.54. The van der Waals surface area contributed by atoms with E-state index in [1.54, 1.807) is 53.1 Å². The van der Waals surface area contributed by atoms with Crippen LogP contribution in [0.2, 0.25) is 0 Å². The molecule has 0 unspecified atom stereocenters. The Morgan fingerprint density at radius 2 is 1.71 bits per heavy atom. The lowest BCUT2D eigenvalue weighted by Gasteiger charge is -2.60. The molecule has 1 fully saturated rings. The lowest BCUT2D eigenvalue weighted by Crippen LogP contribution is -2.70. The molecule has 3 aliphatic rings. The van der Waals surface area contributed by atoms with E-state index in [4.69, 9.17) is 19.0 Å². The fourth-order valence-corrected chi connectivity index (χ4v) is 10.1. The molecular weight excluding hydrogens is 850 g/mol. The van der Waals surface area contributed by atoms with Gasteiger partial charge < -0.3 is 34.2 Å². The van der Waals surface area contributed by atoms with Crippen LogP contribution >= 0.6 is 11.8 Å². The monoisotopic (exact) mass is 905 g/mol. The fraction of sp³-hybridized carbons (Fsp3) is 0.373. The fourth-order valence-electron chi connectivity index (χ4n) is 9.70. The number of oxime groups is 1. The highest BCUT2D eigenvalue weighted by Gasteiger charge is 2.65. The van der Waals surface area contributed by atoms with E-state index in [1.165, 1.54) is 37.5 Å². The van der Waals surface area contributed by atoms with Crippen LogP contribution in [-0.2, 0) is 20.9 Å². The molecule has 1 saturated carbocycles. The van der Waals surface area contributed by atoms with Crippen molar-refractivity contribution in [3.05, 3.63) is 154 Å². The molecule has 0 radical (unpaired) electrons. The van der Waals surface area contributed by atoms with Crippen LogP contribution in [0.1, 0.15) is 67.6 Å². The largest absolute Gasteiger partial charge is 0.459 e. The molecule has 65 heavy (non-hydrogen) atoms. The zero-order chi connectivity index (χ0) is 45.9. The molecule has 0 aromatic heterocycles. The maximum atomic E-state index is 15.0. The number of non-ortho nitro benzene ring substituents is 1. The number of thioether (sulfide) groups is 1. The molecule has 4 aromatic carbocycles. The number of carbonyl (C=O) groups excluding carboxylic acids is 1. The number of allylic oxidation sites excluding steroid dienone is 1. The Morgan fingerprint density at radius 1 is 1.00 bits per heavy atom. The number of nitro groups is 1. The van der Waals surface area contributed by atoms with Crippen molar-refractivity contribution in [2.45, 2.75) is 74.1 Å². The minimum Gasteiger partial charge on any atom is -0.459 e. The first-order valence-electron chi connectivity index (χ1n) is 22.0. The van der Waals surface area contributed by atoms with E-state index >= 15 is 0 Å². The van der Waals surface area contributed by atoms with E-state index in [1.807, 2.05) is 48.7 Å². The van der Waals surface area contributed by atoms with Crippen LogP contribution in [0.3, 0.4) is 0 Å². The summed E-state index contributed by atoms with van der Waals surface area (Å²) in [6, 6.07) is 24.7. The number of nitrogens with zero attached hydrogens (tertiary/aromatic N) is 3. The first kappa shape index (κ1) is 47.2. The molecule has 4 aromatic rings. The van der Waals surface area contributed by atoms with E-state index in [-0.39, 0.29) is 56.2 Å². The Labute approximate surface area is 383 Å². The van der Waals surface area contributed by atoms with E-state index in [0.717, 1.165) is 41.7 Å². The number of unbranched alkanes of at least 4 members (excludes halogenated alkanes) is 2. The third-order valence-corrected chi connectivity index (χ3v) is 13.3. The summed E-state index contributed by atoms with van der Waals surface area (Å²) in [5.41, 5.74) is 3.56. The lowest BCUT2D eigenvalue weighted by molar-refractivity contribution is -0.384. The maximum absolute atomic E-state index is 15.0. The number of halogens is 1. The highest BCUT2D eigenvalue weighted by molar-refractivity contribution is 7.98. The van der Waals surface area contributed by atoms with Gasteiger partial charge in [0.15, 0.2) is 0 Å². The van der Waals surface area contributed by atoms with Crippen LogP contribution in [0.4, 0.5) is 10.1 Å². The Hall–Kier alpha value is -5.80. The predicted octanol–water partition coefficient (Wildman–Crippen LogP) is 10.3. The number of aliphatic hydroxyl groups excluding tert-OH is 2. The summed E-state index contributed by atoms with van der Waals surface area (Å²) in [7, 11) is 1.49. The van der Waals surface area contributed by atoms with E-state index in [2.05, 4.69) is 17.8 Å². The Bertz CT molecular complexity index is 2370. The number of ether oxygens (including phenoxy) is 3. The first-order chi connectivity index (χ1) is 31.6. The molecule has 12 nitrogen and oxygen atoms in total. The normalized spacial score (nSPS) is 22.6. The number of rotatable bonds is 21. The zero-order valence-corrected chi connectivity index (χ0v) is 37.5. The van der Waals surface area contributed by atoms with Gasteiger partial charge in [-0.3, -0.25) is 14.9 Å². The predicted molar refractivity (Wildman–Crippen MR) is 249 cm³/mol. The number of amides is 1. The third-order valence-electron chi connectivity index (χ3n) is 12.6. The minimum absolute atomic E-state index is 0.00899. The molecule has 0 bridgehead atoms. The van der Waals surface area contributed by atoms with Crippen molar-refractivity contribution in [2.24, 2.45) is 22.9 Å². The van der Waals surface area contributed by atoms with Crippen molar-refractivity contribution in [3.63, 3.8) is 0 Å². The van der Waals surface area contributed by atoms with Crippen molar-refractivity contribution in [2.75, 3.05) is 33.2 Å². The second kappa shape index (κ2) is 21.9. The quantitative estimate of drug-likeness (QED) is 0.0206. The molecule has 2 aliphatic carbocycles. The van der Waals surface area contributed by atoms with Crippen LogP contribution < -0.4 is 9.47 Å². The molecule has 0 spiro atoms. The highest BCUT2D eigenvalue weighted by atomic mass is 32.2. The summed E-state index contributed by atoms with van der Waals surface area (Å²) in [6.07, 6.45) is 13.5. The van der Waals surface area contributed by atoms with E-state index in [0.29, 0.717) is 46.9 Å². The van der Waals surface area contributed by atoms with E-state index < -0.39 is 34.4 Å². The second-order valence-corrected chi connectivity index (χ2v) is 17.4. The molecule has 2 N–H and O–H groups in total.